The molecule has 2 rings (SSSR count). The van der Waals surface area contributed by atoms with Crippen molar-refractivity contribution >= 4 is 5.69 Å². The standard InChI is InChI=1S/C12H16N2O3/c1-8-6-10(4-5-12(8)14(15)16)17-11-3-2-9(13)7-11/h4-6,9,11H,2-3,7,13H2,1H3. The van der Waals surface area contributed by atoms with Gasteiger partial charge in [-0.25, -0.2) is 0 Å². The molecule has 17 heavy (non-hydrogen) atoms. The lowest BCUT2D eigenvalue weighted by atomic mass is 10.2. The van der Waals surface area contributed by atoms with E-state index in [2.05, 4.69) is 0 Å². The van der Waals surface area contributed by atoms with Crippen LogP contribution in [0.15, 0.2) is 18.2 Å². The zero-order chi connectivity index (χ0) is 12.4. The summed E-state index contributed by atoms with van der Waals surface area (Å²) >= 11 is 0. The Morgan fingerprint density at radius 2 is 2.24 bits per heavy atom. The van der Waals surface area contributed by atoms with Gasteiger partial charge in [0.15, 0.2) is 0 Å². The summed E-state index contributed by atoms with van der Waals surface area (Å²) in [6.07, 6.45) is 2.94. The third-order valence-corrected chi connectivity index (χ3v) is 3.09. The summed E-state index contributed by atoms with van der Waals surface area (Å²) in [6, 6.07) is 5.07. The molecule has 92 valence electrons. The number of nitrogens with zero attached hydrogens (tertiary/aromatic N) is 1. The Bertz CT molecular complexity index is 434. The highest BCUT2D eigenvalue weighted by atomic mass is 16.6. The molecule has 1 aromatic carbocycles. The lowest BCUT2D eigenvalue weighted by molar-refractivity contribution is -0.385. The number of hydrogen-bond acceptors (Lipinski definition) is 4. The van der Waals surface area contributed by atoms with Crippen LogP contribution in [0.2, 0.25) is 0 Å². The number of nitrogens with two attached hydrogens (primary N) is 1. The molecule has 5 heteroatoms. The van der Waals surface area contributed by atoms with Crippen LogP contribution in [0.5, 0.6) is 5.75 Å². The van der Waals surface area contributed by atoms with Crippen molar-refractivity contribution in [3.63, 3.8) is 0 Å². The molecule has 0 radical (unpaired) electrons. The van der Waals surface area contributed by atoms with E-state index in [4.69, 9.17) is 10.5 Å². The van der Waals surface area contributed by atoms with Crippen molar-refractivity contribution in [2.24, 2.45) is 5.73 Å². The summed E-state index contributed by atoms with van der Waals surface area (Å²) < 4.78 is 5.76. The predicted molar refractivity (Wildman–Crippen MR) is 64.1 cm³/mol. The van der Waals surface area contributed by atoms with Crippen molar-refractivity contribution in [3.05, 3.63) is 33.9 Å². The summed E-state index contributed by atoms with van der Waals surface area (Å²) in [6.45, 7) is 1.71. The van der Waals surface area contributed by atoms with Crippen molar-refractivity contribution in [2.75, 3.05) is 0 Å². The molecule has 2 unspecified atom stereocenters. The zero-order valence-corrected chi connectivity index (χ0v) is 9.76. The highest BCUT2D eigenvalue weighted by Crippen LogP contribution is 2.27. The van der Waals surface area contributed by atoms with Crippen molar-refractivity contribution in [1.29, 1.82) is 0 Å². The zero-order valence-electron chi connectivity index (χ0n) is 9.76. The molecule has 1 saturated carbocycles. The predicted octanol–water partition coefficient (Wildman–Crippen LogP) is 2.16. The van der Waals surface area contributed by atoms with Gasteiger partial charge in [0.05, 0.1) is 4.92 Å². The molecule has 1 aliphatic rings. The first-order valence-corrected chi connectivity index (χ1v) is 5.73. The van der Waals surface area contributed by atoms with Crippen molar-refractivity contribution in [3.8, 4) is 5.75 Å². The Kier molecular flexibility index (Phi) is 3.28. The van der Waals surface area contributed by atoms with Crippen LogP contribution < -0.4 is 10.5 Å². The van der Waals surface area contributed by atoms with Crippen LogP contribution in [0.1, 0.15) is 24.8 Å². The molecule has 0 saturated heterocycles. The first-order valence-electron chi connectivity index (χ1n) is 5.73. The van der Waals surface area contributed by atoms with Gasteiger partial charge in [-0.2, -0.15) is 0 Å². The summed E-state index contributed by atoms with van der Waals surface area (Å²) in [5.74, 6) is 0.687. The molecule has 2 atom stereocenters. The molecule has 2 N–H and O–H groups in total. The van der Waals surface area contributed by atoms with Gasteiger partial charge in [-0.05, 0) is 38.3 Å². The second-order valence-corrected chi connectivity index (χ2v) is 4.52. The van der Waals surface area contributed by atoms with Crippen LogP contribution in [-0.4, -0.2) is 17.1 Å². The van der Waals surface area contributed by atoms with E-state index in [1.807, 2.05) is 0 Å². The molecule has 0 bridgehead atoms. The molecule has 0 aliphatic heterocycles. The number of nitro groups is 1. The Hall–Kier alpha value is -1.62. The van der Waals surface area contributed by atoms with Gasteiger partial charge in [0, 0.05) is 17.7 Å². The van der Waals surface area contributed by atoms with Gasteiger partial charge < -0.3 is 10.5 Å². The van der Waals surface area contributed by atoms with Crippen LogP contribution in [-0.2, 0) is 0 Å². The highest BCUT2D eigenvalue weighted by Gasteiger charge is 2.23. The first-order chi connectivity index (χ1) is 8.06. The minimum absolute atomic E-state index is 0.125. The quantitative estimate of drug-likeness (QED) is 0.644. The number of rotatable bonds is 3. The third-order valence-electron chi connectivity index (χ3n) is 3.09. The van der Waals surface area contributed by atoms with E-state index < -0.39 is 0 Å². The van der Waals surface area contributed by atoms with E-state index in [0.29, 0.717) is 11.3 Å². The van der Waals surface area contributed by atoms with Crippen LogP contribution in [0.25, 0.3) is 0 Å². The topological polar surface area (TPSA) is 78.4 Å². The smallest absolute Gasteiger partial charge is 0.272 e. The first kappa shape index (κ1) is 11.9. The fourth-order valence-electron chi connectivity index (χ4n) is 2.18. The summed E-state index contributed by atoms with van der Waals surface area (Å²) in [5, 5.41) is 10.7. The van der Waals surface area contributed by atoms with Crippen molar-refractivity contribution < 1.29 is 9.66 Å². The van der Waals surface area contributed by atoms with Gasteiger partial charge in [-0.3, -0.25) is 10.1 Å². The molecule has 0 amide bonds. The number of nitro benzene ring substituents is 1. The summed E-state index contributed by atoms with van der Waals surface area (Å²) in [5.41, 5.74) is 6.55. The van der Waals surface area contributed by atoms with Gasteiger partial charge in [0.25, 0.3) is 5.69 Å². The second kappa shape index (κ2) is 4.71. The molecule has 1 fully saturated rings. The number of benzene rings is 1. The number of aryl methyl sites for hydroxylation is 1. The van der Waals surface area contributed by atoms with E-state index in [1.54, 1.807) is 19.1 Å². The molecule has 0 spiro atoms. The van der Waals surface area contributed by atoms with E-state index in [9.17, 15) is 10.1 Å². The third kappa shape index (κ3) is 2.74. The van der Waals surface area contributed by atoms with Crippen LogP contribution in [0.4, 0.5) is 5.69 Å². The SMILES string of the molecule is Cc1cc(OC2CCC(N)C2)ccc1[N+](=O)[O-]. The fraction of sp³-hybridized carbons (Fsp3) is 0.500. The fourth-order valence-corrected chi connectivity index (χ4v) is 2.18. The Balaban J connectivity index is 2.07. The average molecular weight is 236 g/mol. The van der Waals surface area contributed by atoms with Gasteiger partial charge in [-0.1, -0.05) is 0 Å². The molecule has 1 aromatic rings. The van der Waals surface area contributed by atoms with E-state index in [0.717, 1.165) is 19.3 Å². The largest absolute Gasteiger partial charge is 0.490 e. The normalized spacial score (nSPS) is 23.6. The highest BCUT2D eigenvalue weighted by molar-refractivity contribution is 5.44. The minimum Gasteiger partial charge on any atom is -0.490 e. The molecule has 0 aromatic heterocycles. The van der Waals surface area contributed by atoms with Crippen LogP contribution >= 0.6 is 0 Å². The second-order valence-electron chi connectivity index (χ2n) is 4.52. The summed E-state index contributed by atoms with van der Waals surface area (Å²) in [7, 11) is 0. The maximum atomic E-state index is 10.7. The maximum absolute atomic E-state index is 10.7. The van der Waals surface area contributed by atoms with Crippen molar-refractivity contribution in [1.82, 2.24) is 0 Å². The average Bonchev–Trinajstić information content (AvgIpc) is 2.63. The number of ether oxygens (including phenoxy) is 1. The van der Waals surface area contributed by atoms with Gasteiger partial charge in [0.2, 0.25) is 0 Å². The molecule has 0 heterocycles. The monoisotopic (exact) mass is 236 g/mol. The maximum Gasteiger partial charge on any atom is 0.272 e. The molecule has 5 nitrogen and oxygen atoms in total. The molecular formula is C12H16N2O3. The Labute approximate surface area is 99.7 Å². The molecule has 1 aliphatic carbocycles. The van der Waals surface area contributed by atoms with E-state index >= 15 is 0 Å². The lowest BCUT2D eigenvalue weighted by Crippen LogP contribution is -2.19. The van der Waals surface area contributed by atoms with Crippen LogP contribution in [0, 0.1) is 17.0 Å². The Morgan fingerprint density at radius 3 is 2.76 bits per heavy atom. The van der Waals surface area contributed by atoms with Gasteiger partial charge >= 0.3 is 0 Å². The number of hydrogen-bond donors (Lipinski definition) is 1. The minimum atomic E-state index is -0.384. The van der Waals surface area contributed by atoms with Crippen LogP contribution in [0.3, 0.4) is 0 Å². The van der Waals surface area contributed by atoms with Gasteiger partial charge in [0.1, 0.15) is 11.9 Å². The van der Waals surface area contributed by atoms with E-state index in [1.165, 1.54) is 6.07 Å². The van der Waals surface area contributed by atoms with Gasteiger partial charge in [-0.15, -0.1) is 0 Å². The lowest BCUT2D eigenvalue weighted by Gasteiger charge is -2.13. The molecular weight excluding hydrogens is 220 g/mol. The Morgan fingerprint density at radius 1 is 1.47 bits per heavy atom. The van der Waals surface area contributed by atoms with E-state index in [-0.39, 0.29) is 22.8 Å². The van der Waals surface area contributed by atoms with Crippen molar-refractivity contribution in [2.45, 2.75) is 38.3 Å². The summed E-state index contributed by atoms with van der Waals surface area (Å²) in [4.78, 5) is 10.3.